The van der Waals surface area contributed by atoms with E-state index in [4.69, 9.17) is 5.73 Å². The van der Waals surface area contributed by atoms with Gasteiger partial charge in [-0.25, -0.2) is 14.5 Å². The van der Waals surface area contributed by atoms with E-state index in [-0.39, 0.29) is 11.4 Å². The Kier molecular flexibility index (Phi) is 2.08. The highest BCUT2D eigenvalue weighted by Gasteiger charge is 2.41. The van der Waals surface area contributed by atoms with Crippen molar-refractivity contribution in [3.63, 3.8) is 0 Å². The van der Waals surface area contributed by atoms with Crippen molar-refractivity contribution in [3.8, 4) is 0 Å². The maximum absolute atomic E-state index is 13.7. The number of hydrogen-bond acceptors (Lipinski definition) is 4. The molecule has 0 radical (unpaired) electrons. The molecule has 1 aliphatic carbocycles. The second kappa shape index (κ2) is 3.38. The summed E-state index contributed by atoms with van der Waals surface area (Å²) >= 11 is 0. The third-order valence-corrected chi connectivity index (χ3v) is 3.83. The van der Waals surface area contributed by atoms with E-state index in [0.29, 0.717) is 11.3 Å². The number of rotatable bonds is 2. The molecule has 2 aromatic rings. The normalized spacial score (nSPS) is 18.2. The van der Waals surface area contributed by atoms with E-state index in [9.17, 15) is 4.39 Å². The Balaban J connectivity index is 2.25. The van der Waals surface area contributed by atoms with E-state index in [2.05, 4.69) is 22.0 Å². The monoisotopic (exact) mass is 235 g/mol. The van der Waals surface area contributed by atoms with Crippen LogP contribution in [0.3, 0.4) is 0 Å². The van der Waals surface area contributed by atoms with Crippen molar-refractivity contribution in [2.45, 2.75) is 38.0 Å². The summed E-state index contributed by atoms with van der Waals surface area (Å²) in [7, 11) is 0. The molecular weight excluding hydrogens is 221 g/mol. The lowest BCUT2D eigenvalue weighted by molar-refractivity contribution is 0.216. The van der Waals surface area contributed by atoms with Crippen molar-refractivity contribution in [2.24, 2.45) is 0 Å². The van der Waals surface area contributed by atoms with Gasteiger partial charge in [-0.3, -0.25) is 0 Å². The van der Waals surface area contributed by atoms with Gasteiger partial charge in [-0.1, -0.05) is 13.3 Å². The number of halogens is 1. The molecular formula is C11H14FN5. The summed E-state index contributed by atoms with van der Waals surface area (Å²) in [4.78, 5) is 7.83. The lowest BCUT2D eigenvalue weighted by Crippen LogP contribution is -2.36. The van der Waals surface area contributed by atoms with E-state index in [1.165, 1.54) is 10.7 Å². The molecule has 0 unspecified atom stereocenters. The first-order chi connectivity index (χ1) is 8.16. The average molecular weight is 235 g/mol. The summed E-state index contributed by atoms with van der Waals surface area (Å²) in [5.74, 6) is 0.314. The Morgan fingerprint density at radius 3 is 2.88 bits per heavy atom. The highest BCUT2D eigenvalue weighted by molar-refractivity contribution is 5.46. The molecule has 3 rings (SSSR count). The lowest BCUT2D eigenvalue weighted by Gasteiger charge is -2.39. The molecule has 6 heteroatoms. The predicted octanol–water partition coefficient (Wildman–Crippen LogP) is 1.68. The number of nitrogens with zero attached hydrogens (tertiary/aromatic N) is 4. The maximum Gasteiger partial charge on any atom is 0.242 e. The first-order valence-corrected chi connectivity index (χ1v) is 5.83. The van der Waals surface area contributed by atoms with Crippen LogP contribution in [0.4, 0.5) is 10.3 Å². The van der Waals surface area contributed by atoms with Gasteiger partial charge in [0, 0.05) is 5.41 Å². The fraction of sp³-hybridized carbons (Fsp3) is 0.545. The maximum atomic E-state index is 13.7. The molecule has 1 aliphatic rings. The summed E-state index contributed by atoms with van der Waals surface area (Å²) in [5.41, 5.74) is 5.82. The van der Waals surface area contributed by atoms with E-state index < -0.39 is 5.95 Å². The fourth-order valence-electron chi connectivity index (χ4n) is 2.55. The molecule has 2 heterocycles. The second-order valence-corrected chi connectivity index (χ2v) is 4.63. The molecule has 0 atom stereocenters. The molecule has 0 aromatic carbocycles. The summed E-state index contributed by atoms with van der Waals surface area (Å²) in [6.07, 6.45) is 5.55. The van der Waals surface area contributed by atoms with Crippen LogP contribution >= 0.6 is 0 Å². The van der Waals surface area contributed by atoms with Crippen LogP contribution in [-0.2, 0) is 5.41 Å². The van der Waals surface area contributed by atoms with Crippen LogP contribution in [0.2, 0.25) is 0 Å². The van der Waals surface area contributed by atoms with Gasteiger partial charge in [0.05, 0.1) is 6.20 Å². The topological polar surface area (TPSA) is 69.1 Å². The zero-order valence-corrected chi connectivity index (χ0v) is 9.65. The lowest BCUT2D eigenvalue weighted by atomic mass is 9.66. The summed E-state index contributed by atoms with van der Waals surface area (Å²) in [5, 5.41) is 4.07. The van der Waals surface area contributed by atoms with E-state index in [1.807, 2.05) is 0 Å². The van der Waals surface area contributed by atoms with Gasteiger partial charge < -0.3 is 5.73 Å². The zero-order valence-electron chi connectivity index (χ0n) is 9.65. The predicted molar refractivity (Wildman–Crippen MR) is 61.0 cm³/mol. The summed E-state index contributed by atoms with van der Waals surface area (Å²) in [6.45, 7) is 2.10. The first-order valence-electron chi connectivity index (χ1n) is 5.83. The van der Waals surface area contributed by atoms with E-state index in [0.717, 1.165) is 25.7 Å². The molecule has 1 saturated carbocycles. The Morgan fingerprint density at radius 2 is 2.29 bits per heavy atom. The number of aromatic nitrogens is 4. The molecule has 0 bridgehead atoms. The number of anilines is 1. The minimum Gasteiger partial charge on any atom is -0.367 e. The molecule has 0 aliphatic heterocycles. The largest absolute Gasteiger partial charge is 0.367 e. The molecule has 90 valence electrons. The first kappa shape index (κ1) is 10.4. The molecule has 1 fully saturated rings. The number of nitrogen functional groups attached to an aromatic ring is 1. The Labute approximate surface area is 97.9 Å². The second-order valence-electron chi connectivity index (χ2n) is 4.63. The third-order valence-electron chi connectivity index (χ3n) is 3.83. The quantitative estimate of drug-likeness (QED) is 0.859. The van der Waals surface area contributed by atoms with Crippen LogP contribution in [0.15, 0.2) is 6.20 Å². The van der Waals surface area contributed by atoms with Gasteiger partial charge in [0.25, 0.3) is 0 Å². The molecule has 0 amide bonds. The molecule has 2 N–H and O–H groups in total. The van der Waals surface area contributed by atoms with Crippen molar-refractivity contribution in [2.75, 3.05) is 5.73 Å². The van der Waals surface area contributed by atoms with Crippen molar-refractivity contribution in [3.05, 3.63) is 18.0 Å². The van der Waals surface area contributed by atoms with Crippen LogP contribution in [0.1, 0.15) is 38.4 Å². The van der Waals surface area contributed by atoms with E-state index >= 15 is 0 Å². The van der Waals surface area contributed by atoms with Crippen LogP contribution < -0.4 is 5.73 Å². The van der Waals surface area contributed by atoms with Crippen LogP contribution in [0.5, 0.6) is 0 Å². The minimum atomic E-state index is -0.514. The Bertz CT molecular complexity index is 567. The Hall–Kier alpha value is -1.72. The number of hydrogen-bond donors (Lipinski definition) is 1. The average Bonchev–Trinajstić information content (AvgIpc) is 2.56. The van der Waals surface area contributed by atoms with Crippen molar-refractivity contribution < 1.29 is 4.39 Å². The van der Waals surface area contributed by atoms with Crippen LogP contribution in [-0.4, -0.2) is 19.6 Å². The number of fused-ring (bicyclic) bond motifs is 1. The third kappa shape index (κ3) is 1.33. The molecule has 2 aromatic heterocycles. The van der Waals surface area contributed by atoms with Crippen molar-refractivity contribution in [1.29, 1.82) is 0 Å². The SMILES string of the molecule is CCC1(c2nc(F)c3cnc(N)nn23)CCC1. The number of nitrogens with two attached hydrogens (primary N) is 1. The molecule has 5 nitrogen and oxygen atoms in total. The smallest absolute Gasteiger partial charge is 0.242 e. The van der Waals surface area contributed by atoms with Gasteiger partial charge in [-0.15, -0.1) is 5.10 Å². The van der Waals surface area contributed by atoms with Gasteiger partial charge in [-0.2, -0.15) is 4.39 Å². The standard InChI is InChI=1S/C11H14FN5/c1-2-11(4-3-5-11)9-15-8(12)7-6-14-10(13)16-17(7)9/h6H,2-5H2,1H3,(H2,13,16). The molecule has 17 heavy (non-hydrogen) atoms. The number of imidazole rings is 1. The van der Waals surface area contributed by atoms with Gasteiger partial charge in [0.15, 0.2) is 0 Å². The van der Waals surface area contributed by atoms with Gasteiger partial charge >= 0.3 is 0 Å². The van der Waals surface area contributed by atoms with Gasteiger partial charge in [-0.05, 0) is 19.3 Å². The molecule has 0 saturated heterocycles. The van der Waals surface area contributed by atoms with E-state index in [1.54, 1.807) is 0 Å². The summed E-state index contributed by atoms with van der Waals surface area (Å²) < 4.78 is 15.2. The summed E-state index contributed by atoms with van der Waals surface area (Å²) in [6, 6.07) is 0. The molecule has 0 spiro atoms. The van der Waals surface area contributed by atoms with Gasteiger partial charge in [0.1, 0.15) is 11.3 Å². The van der Waals surface area contributed by atoms with Crippen LogP contribution in [0, 0.1) is 5.95 Å². The minimum absolute atomic E-state index is 0.0337. The highest BCUT2D eigenvalue weighted by atomic mass is 19.1. The Morgan fingerprint density at radius 1 is 1.53 bits per heavy atom. The fourth-order valence-corrected chi connectivity index (χ4v) is 2.55. The highest BCUT2D eigenvalue weighted by Crippen LogP contribution is 2.45. The zero-order chi connectivity index (χ0) is 12.0. The van der Waals surface area contributed by atoms with Gasteiger partial charge in [0.2, 0.25) is 11.9 Å². The van der Waals surface area contributed by atoms with Crippen molar-refractivity contribution >= 4 is 11.5 Å². The van der Waals surface area contributed by atoms with Crippen molar-refractivity contribution in [1.82, 2.24) is 19.6 Å². The van der Waals surface area contributed by atoms with Crippen LogP contribution in [0.25, 0.3) is 5.52 Å².